The summed E-state index contributed by atoms with van der Waals surface area (Å²) in [6.45, 7) is 12.3. The van der Waals surface area contributed by atoms with Crippen LogP contribution in [0.1, 0.15) is 168 Å². The molecule has 0 fully saturated rings. The maximum absolute atomic E-state index is 3.86. The Kier molecular flexibility index (Phi) is 51.8. The Bertz CT molecular complexity index is 185. The van der Waals surface area contributed by atoms with Crippen LogP contribution in [0.15, 0.2) is 0 Å². The van der Waals surface area contributed by atoms with Gasteiger partial charge in [0.1, 0.15) is 0 Å². The van der Waals surface area contributed by atoms with Gasteiger partial charge in [-0.3, -0.25) is 0 Å². The smallest absolute Gasteiger partial charge is 0.343 e. The van der Waals surface area contributed by atoms with E-state index in [1.807, 2.05) is 0 Å². The molecule has 0 atom stereocenters. The molecule has 0 unspecified atom stereocenters. The SMILES string of the molecule is [CH2-]CCCCCCCCCCCCC.[CH2-]CCCCCCCCCCCCC.[Cu+].[Li+]. The van der Waals surface area contributed by atoms with Crippen molar-refractivity contribution in [3.63, 3.8) is 0 Å². The second-order valence-corrected chi connectivity index (χ2v) is 8.78. The van der Waals surface area contributed by atoms with Crippen molar-refractivity contribution in [2.45, 2.75) is 168 Å². The Morgan fingerprint density at radius 1 is 0.333 bits per heavy atom. The molecule has 0 nitrogen and oxygen atoms in total. The molecular weight excluding hydrogens is 407 g/mol. The van der Waals surface area contributed by atoms with E-state index in [1.54, 1.807) is 0 Å². The zero-order chi connectivity index (χ0) is 21.0. The number of rotatable bonds is 22. The molecule has 0 aromatic rings. The second kappa shape index (κ2) is 40.5. The van der Waals surface area contributed by atoms with Gasteiger partial charge in [-0.25, -0.2) is 0 Å². The molecule has 0 bridgehead atoms. The van der Waals surface area contributed by atoms with Crippen molar-refractivity contribution in [3.8, 4) is 0 Å². The topological polar surface area (TPSA) is 0 Å². The van der Waals surface area contributed by atoms with Crippen molar-refractivity contribution in [1.29, 1.82) is 0 Å². The Morgan fingerprint density at radius 2 is 0.500 bits per heavy atom. The Balaban J connectivity index is -0.000000211. The van der Waals surface area contributed by atoms with Crippen LogP contribution in [-0.2, 0) is 17.1 Å². The average Bonchev–Trinajstić information content (AvgIpc) is 2.71. The first-order chi connectivity index (χ1) is 13.8. The maximum atomic E-state index is 3.86. The molecule has 0 radical (unpaired) electrons. The van der Waals surface area contributed by atoms with Crippen LogP contribution in [0, 0.1) is 13.8 Å². The molecular formula is C28H58CuLi. The van der Waals surface area contributed by atoms with Crippen LogP contribution in [0.3, 0.4) is 0 Å². The standard InChI is InChI=1S/2C14H29.Cu.Li/c2*1-3-5-7-9-11-13-14-12-10-8-6-4-2;;/h2*1,3-14H2,2H3;;/q2*-1;2*+1. The van der Waals surface area contributed by atoms with Crippen molar-refractivity contribution in [3.05, 3.63) is 13.8 Å². The fraction of sp³-hybridized carbons (Fsp3) is 0.929. The molecule has 0 aromatic heterocycles. The largest absolute Gasteiger partial charge is 1.00 e. The molecule has 0 N–H and O–H groups in total. The van der Waals surface area contributed by atoms with E-state index in [1.165, 1.54) is 141 Å². The second-order valence-electron chi connectivity index (χ2n) is 8.78. The summed E-state index contributed by atoms with van der Waals surface area (Å²) in [5.41, 5.74) is 0. The molecule has 0 heterocycles. The van der Waals surface area contributed by atoms with E-state index in [0.717, 1.165) is 12.8 Å². The van der Waals surface area contributed by atoms with Crippen LogP contribution in [0.5, 0.6) is 0 Å². The van der Waals surface area contributed by atoms with Gasteiger partial charge in [0.05, 0.1) is 0 Å². The first kappa shape index (κ1) is 38.4. The Hall–Kier alpha value is 1.12. The third-order valence-corrected chi connectivity index (χ3v) is 5.71. The summed E-state index contributed by atoms with van der Waals surface area (Å²) in [5, 5.41) is 0. The fourth-order valence-corrected chi connectivity index (χ4v) is 3.68. The molecule has 182 valence electrons. The minimum atomic E-state index is 0. The van der Waals surface area contributed by atoms with Crippen molar-refractivity contribution < 1.29 is 35.9 Å². The minimum absolute atomic E-state index is 0. The van der Waals surface area contributed by atoms with E-state index in [9.17, 15) is 0 Å². The van der Waals surface area contributed by atoms with Crippen molar-refractivity contribution in [2.75, 3.05) is 0 Å². The van der Waals surface area contributed by atoms with Gasteiger partial charge in [0.15, 0.2) is 0 Å². The van der Waals surface area contributed by atoms with Gasteiger partial charge in [-0.1, -0.05) is 155 Å². The molecule has 0 amide bonds. The van der Waals surface area contributed by atoms with Crippen molar-refractivity contribution >= 4 is 0 Å². The predicted molar refractivity (Wildman–Crippen MR) is 133 cm³/mol. The molecule has 0 rings (SSSR count). The van der Waals surface area contributed by atoms with Gasteiger partial charge in [-0.15, -0.1) is 0 Å². The molecule has 2 heteroatoms. The van der Waals surface area contributed by atoms with Crippen LogP contribution >= 0.6 is 0 Å². The van der Waals surface area contributed by atoms with E-state index in [2.05, 4.69) is 27.7 Å². The van der Waals surface area contributed by atoms with Gasteiger partial charge in [-0.2, -0.15) is 12.8 Å². The van der Waals surface area contributed by atoms with E-state index >= 15 is 0 Å². The van der Waals surface area contributed by atoms with E-state index in [0.29, 0.717) is 0 Å². The van der Waals surface area contributed by atoms with Crippen LogP contribution < -0.4 is 18.9 Å². The normalized spacial score (nSPS) is 10.0. The van der Waals surface area contributed by atoms with Gasteiger partial charge >= 0.3 is 35.9 Å². The van der Waals surface area contributed by atoms with Crippen molar-refractivity contribution in [2.24, 2.45) is 0 Å². The summed E-state index contributed by atoms with van der Waals surface area (Å²) in [7, 11) is 0. The third kappa shape index (κ3) is 43.1. The molecule has 0 aromatic carbocycles. The number of hydrogen-bond donors (Lipinski definition) is 0. The molecule has 0 aliphatic carbocycles. The van der Waals surface area contributed by atoms with Gasteiger partial charge < -0.3 is 13.8 Å². The third-order valence-electron chi connectivity index (χ3n) is 5.71. The molecule has 0 spiro atoms. The molecule has 0 saturated heterocycles. The summed E-state index contributed by atoms with van der Waals surface area (Å²) < 4.78 is 0. The summed E-state index contributed by atoms with van der Waals surface area (Å²) >= 11 is 0. The van der Waals surface area contributed by atoms with Gasteiger partial charge in [0, 0.05) is 0 Å². The maximum Gasteiger partial charge on any atom is 1.00 e. The van der Waals surface area contributed by atoms with E-state index < -0.39 is 0 Å². The summed E-state index contributed by atoms with van der Waals surface area (Å²) in [6, 6.07) is 0. The Morgan fingerprint density at radius 3 is 0.667 bits per heavy atom. The zero-order valence-corrected chi connectivity index (χ0v) is 22.6. The van der Waals surface area contributed by atoms with E-state index in [-0.39, 0.29) is 35.9 Å². The summed E-state index contributed by atoms with van der Waals surface area (Å²) in [4.78, 5) is 0. The first-order valence-electron chi connectivity index (χ1n) is 13.4. The van der Waals surface area contributed by atoms with Crippen LogP contribution in [0.25, 0.3) is 0 Å². The first-order valence-corrected chi connectivity index (χ1v) is 13.4. The van der Waals surface area contributed by atoms with Gasteiger partial charge in [-0.05, 0) is 0 Å². The van der Waals surface area contributed by atoms with Crippen molar-refractivity contribution in [1.82, 2.24) is 0 Å². The number of unbranched alkanes of at least 4 members (excludes halogenated alkanes) is 22. The molecule has 0 aliphatic heterocycles. The minimum Gasteiger partial charge on any atom is -0.343 e. The van der Waals surface area contributed by atoms with Crippen LogP contribution in [-0.4, -0.2) is 0 Å². The Labute approximate surface area is 216 Å². The monoisotopic (exact) mass is 464 g/mol. The average molecular weight is 465 g/mol. The number of hydrogen-bond acceptors (Lipinski definition) is 0. The van der Waals surface area contributed by atoms with Gasteiger partial charge in [0.25, 0.3) is 0 Å². The molecule has 0 saturated carbocycles. The predicted octanol–water partition coefficient (Wildman–Crippen LogP) is 8.04. The van der Waals surface area contributed by atoms with Crippen LogP contribution in [0.2, 0.25) is 0 Å². The summed E-state index contributed by atoms with van der Waals surface area (Å²) in [6.07, 6.45) is 33.7. The van der Waals surface area contributed by atoms with Gasteiger partial charge in [0.2, 0.25) is 0 Å². The quantitative estimate of drug-likeness (QED) is 0.0863. The van der Waals surface area contributed by atoms with E-state index in [4.69, 9.17) is 0 Å². The molecule has 30 heavy (non-hydrogen) atoms. The summed E-state index contributed by atoms with van der Waals surface area (Å²) in [5.74, 6) is 0. The zero-order valence-electron chi connectivity index (χ0n) is 21.7. The van der Waals surface area contributed by atoms with Crippen LogP contribution in [0.4, 0.5) is 0 Å². The molecule has 0 aliphatic rings. The fourth-order valence-electron chi connectivity index (χ4n) is 3.68.